The van der Waals surface area contributed by atoms with Crippen LogP contribution in [0.2, 0.25) is 0 Å². The Hall–Kier alpha value is -1.24. The van der Waals surface area contributed by atoms with Gasteiger partial charge in [0.25, 0.3) is 0 Å². The Morgan fingerprint density at radius 2 is 1.79 bits per heavy atom. The molecule has 0 saturated carbocycles. The summed E-state index contributed by atoms with van der Waals surface area (Å²) in [6, 6.07) is 3.48. The summed E-state index contributed by atoms with van der Waals surface area (Å²) < 4.78 is 38.3. The number of hydrogen-bond acceptors (Lipinski definition) is 1. The molecule has 0 unspecified atom stereocenters. The Morgan fingerprint density at radius 1 is 1.21 bits per heavy atom. The van der Waals surface area contributed by atoms with Gasteiger partial charge in [0.05, 0.1) is 11.1 Å². The van der Waals surface area contributed by atoms with Crippen molar-refractivity contribution in [3.8, 4) is 0 Å². The van der Waals surface area contributed by atoms with E-state index in [1.54, 1.807) is 0 Å². The normalized spacial score (nSPS) is 13.5. The third-order valence-corrected chi connectivity index (χ3v) is 2.41. The molecule has 0 heterocycles. The molecule has 0 spiro atoms. The van der Waals surface area contributed by atoms with E-state index >= 15 is 0 Å². The average molecular weight is 338 g/mol. The molecule has 19 heavy (non-hydrogen) atoms. The summed E-state index contributed by atoms with van der Waals surface area (Å²) in [5.74, 6) is 0.0683. The van der Waals surface area contributed by atoms with E-state index in [1.807, 2.05) is 20.8 Å². The number of rotatable bonds is 1. The lowest BCUT2D eigenvalue weighted by Gasteiger charge is -2.15. The van der Waals surface area contributed by atoms with Crippen LogP contribution in [0.3, 0.4) is 0 Å². The highest BCUT2D eigenvalue weighted by molar-refractivity contribution is 9.10. The number of alkyl halides is 3. The van der Waals surface area contributed by atoms with Crippen molar-refractivity contribution in [1.29, 1.82) is 0 Å². The summed E-state index contributed by atoms with van der Waals surface area (Å²) in [5, 5.41) is 2.65. The first-order chi connectivity index (χ1) is 8.47. The molecule has 1 aromatic carbocycles. The van der Waals surface area contributed by atoms with E-state index in [1.165, 1.54) is 6.07 Å². The lowest BCUT2D eigenvalue weighted by molar-refractivity contribution is -0.137. The minimum atomic E-state index is -4.41. The lowest BCUT2D eigenvalue weighted by atomic mass is 10.1. The first kappa shape index (κ1) is 15.8. The van der Waals surface area contributed by atoms with Crippen molar-refractivity contribution < 1.29 is 13.2 Å². The van der Waals surface area contributed by atoms with Gasteiger partial charge >= 0.3 is 6.18 Å². The molecule has 0 atom stereocenters. The van der Waals surface area contributed by atoms with Crippen molar-refractivity contribution in [2.75, 3.05) is 5.32 Å². The van der Waals surface area contributed by atoms with Crippen LogP contribution in [-0.2, 0) is 6.18 Å². The minimum absolute atomic E-state index is 0.0683. The minimum Gasteiger partial charge on any atom is -0.370 e. The van der Waals surface area contributed by atoms with Crippen LogP contribution in [0.1, 0.15) is 26.3 Å². The molecule has 1 rings (SSSR count). The molecular weight excluding hydrogens is 323 g/mol. The van der Waals surface area contributed by atoms with E-state index in [4.69, 9.17) is 5.73 Å². The maximum atomic E-state index is 12.6. The molecule has 0 amide bonds. The van der Waals surface area contributed by atoms with Gasteiger partial charge in [0.1, 0.15) is 0 Å². The van der Waals surface area contributed by atoms with Gasteiger partial charge in [-0.05, 0) is 39.0 Å². The highest BCUT2D eigenvalue weighted by atomic mass is 79.9. The van der Waals surface area contributed by atoms with Gasteiger partial charge in [-0.15, -0.1) is 0 Å². The van der Waals surface area contributed by atoms with Crippen LogP contribution in [-0.4, -0.2) is 11.5 Å². The fraction of sp³-hybridized carbons (Fsp3) is 0.417. The van der Waals surface area contributed by atoms with Crippen molar-refractivity contribution in [2.45, 2.75) is 32.5 Å². The second-order valence-corrected chi connectivity index (χ2v) is 5.93. The van der Waals surface area contributed by atoms with E-state index in [-0.39, 0.29) is 11.6 Å². The maximum absolute atomic E-state index is 12.6. The van der Waals surface area contributed by atoms with Crippen LogP contribution in [0.4, 0.5) is 18.9 Å². The van der Waals surface area contributed by atoms with E-state index in [0.29, 0.717) is 4.47 Å². The summed E-state index contributed by atoms with van der Waals surface area (Å²) in [5.41, 5.74) is 4.71. The number of aliphatic imine (C=N–C) groups is 1. The van der Waals surface area contributed by atoms with Gasteiger partial charge in [0.2, 0.25) is 0 Å². The van der Waals surface area contributed by atoms with Gasteiger partial charge < -0.3 is 11.1 Å². The Balaban J connectivity index is 3.03. The number of anilines is 1. The topological polar surface area (TPSA) is 50.4 Å². The number of benzene rings is 1. The zero-order chi connectivity index (χ0) is 14.8. The molecule has 0 aromatic heterocycles. The third-order valence-electron chi connectivity index (χ3n) is 1.95. The summed E-state index contributed by atoms with van der Waals surface area (Å²) in [7, 11) is 0. The fourth-order valence-electron chi connectivity index (χ4n) is 1.36. The quantitative estimate of drug-likeness (QED) is 0.601. The molecule has 0 fully saturated rings. The standard InChI is InChI=1S/C12H15BrF3N3/c1-11(2,3)19-10(17)18-9-5-7(12(14,15)16)4-8(13)6-9/h4-6H,1-3H3,(H3,17,18,19). The third kappa shape index (κ3) is 5.50. The Kier molecular flexibility index (Phi) is 4.50. The van der Waals surface area contributed by atoms with Crippen molar-refractivity contribution in [3.05, 3.63) is 28.2 Å². The molecule has 0 aliphatic rings. The number of nitrogens with zero attached hydrogens (tertiary/aromatic N) is 1. The Bertz CT molecular complexity index is 490. The molecule has 0 saturated heterocycles. The summed E-state index contributed by atoms with van der Waals surface area (Å²) in [6.45, 7) is 5.51. The molecule has 106 valence electrons. The molecule has 3 nitrogen and oxygen atoms in total. The molecule has 0 bridgehead atoms. The van der Waals surface area contributed by atoms with Crippen LogP contribution in [0.25, 0.3) is 0 Å². The first-order valence-corrected chi connectivity index (χ1v) is 6.27. The van der Waals surface area contributed by atoms with Gasteiger partial charge in [-0.25, -0.2) is 4.99 Å². The summed E-state index contributed by atoms with van der Waals surface area (Å²) in [4.78, 5) is 4.11. The smallest absolute Gasteiger partial charge is 0.370 e. The van der Waals surface area contributed by atoms with Crippen molar-refractivity contribution in [3.63, 3.8) is 0 Å². The number of guanidine groups is 1. The number of hydrogen-bond donors (Lipinski definition) is 2. The summed E-state index contributed by atoms with van der Waals surface area (Å²) in [6.07, 6.45) is -4.41. The monoisotopic (exact) mass is 337 g/mol. The number of halogens is 4. The van der Waals surface area contributed by atoms with E-state index in [2.05, 4.69) is 26.2 Å². The lowest BCUT2D eigenvalue weighted by Crippen LogP contribution is -2.27. The van der Waals surface area contributed by atoms with Crippen LogP contribution < -0.4 is 11.1 Å². The number of nitrogens with one attached hydrogen (secondary N) is 1. The van der Waals surface area contributed by atoms with Gasteiger partial charge in [-0.3, -0.25) is 0 Å². The molecule has 3 N–H and O–H groups in total. The molecule has 1 aromatic rings. The Morgan fingerprint density at radius 3 is 2.26 bits per heavy atom. The van der Waals surface area contributed by atoms with Crippen molar-refractivity contribution >= 4 is 27.6 Å². The first-order valence-electron chi connectivity index (χ1n) is 5.47. The molecule has 0 aliphatic heterocycles. The van der Waals surface area contributed by atoms with Gasteiger partial charge in [-0.2, -0.15) is 13.2 Å². The van der Waals surface area contributed by atoms with E-state index in [0.717, 1.165) is 12.1 Å². The SMILES string of the molecule is CC(C)(C)N=C(N)Nc1cc(Br)cc(C(F)(F)F)c1. The summed E-state index contributed by atoms with van der Waals surface area (Å²) >= 11 is 3.04. The largest absolute Gasteiger partial charge is 0.416 e. The zero-order valence-corrected chi connectivity index (χ0v) is 12.4. The Labute approximate surface area is 118 Å². The van der Waals surface area contributed by atoms with Gasteiger partial charge in [-0.1, -0.05) is 15.9 Å². The average Bonchev–Trinajstić information content (AvgIpc) is 2.11. The van der Waals surface area contributed by atoms with E-state index < -0.39 is 17.3 Å². The molecule has 0 radical (unpaired) electrons. The highest BCUT2D eigenvalue weighted by Crippen LogP contribution is 2.33. The van der Waals surface area contributed by atoms with Crippen LogP contribution in [0.15, 0.2) is 27.7 Å². The predicted octanol–water partition coefficient (Wildman–Crippen LogP) is 3.99. The van der Waals surface area contributed by atoms with E-state index in [9.17, 15) is 13.2 Å². The molecule has 0 aliphatic carbocycles. The molecule has 7 heteroatoms. The van der Waals surface area contributed by atoms with Crippen molar-refractivity contribution in [2.24, 2.45) is 10.7 Å². The maximum Gasteiger partial charge on any atom is 0.416 e. The predicted molar refractivity (Wildman–Crippen MR) is 74.1 cm³/mol. The molecular formula is C12H15BrF3N3. The second kappa shape index (κ2) is 5.40. The van der Waals surface area contributed by atoms with Crippen LogP contribution in [0, 0.1) is 0 Å². The van der Waals surface area contributed by atoms with Crippen LogP contribution in [0.5, 0.6) is 0 Å². The number of nitrogens with two attached hydrogens (primary N) is 1. The zero-order valence-electron chi connectivity index (χ0n) is 10.8. The van der Waals surface area contributed by atoms with Gasteiger partial charge in [0, 0.05) is 10.2 Å². The highest BCUT2D eigenvalue weighted by Gasteiger charge is 2.31. The van der Waals surface area contributed by atoms with Gasteiger partial charge in [0.15, 0.2) is 5.96 Å². The van der Waals surface area contributed by atoms with Crippen molar-refractivity contribution in [1.82, 2.24) is 0 Å². The van der Waals surface area contributed by atoms with Crippen LogP contribution >= 0.6 is 15.9 Å². The fourth-order valence-corrected chi connectivity index (χ4v) is 1.86. The second-order valence-electron chi connectivity index (χ2n) is 5.02.